The Kier molecular flexibility index (Phi) is 6.58. The summed E-state index contributed by atoms with van der Waals surface area (Å²) in [7, 11) is 1.66. The molecule has 2 aromatic carbocycles. The van der Waals surface area contributed by atoms with Crippen LogP contribution in [0, 0.1) is 0 Å². The predicted octanol–water partition coefficient (Wildman–Crippen LogP) is 4.38. The number of amides is 1. The van der Waals surface area contributed by atoms with Crippen molar-refractivity contribution in [3.63, 3.8) is 0 Å². The molecule has 0 radical (unpaired) electrons. The third-order valence-corrected chi connectivity index (χ3v) is 5.40. The van der Waals surface area contributed by atoms with Crippen molar-refractivity contribution in [2.75, 3.05) is 44.8 Å². The minimum atomic E-state index is -0.105. The van der Waals surface area contributed by atoms with Crippen molar-refractivity contribution in [2.24, 2.45) is 0 Å². The van der Waals surface area contributed by atoms with Gasteiger partial charge in [-0.15, -0.1) is 0 Å². The van der Waals surface area contributed by atoms with Crippen molar-refractivity contribution in [3.8, 4) is 11.5 Å². The molecule has 0 N–H and O–H groups in total. The average molecular weight is 430 g/mol. The summed E-state index contributed by atoms with van der Waals surface area (Å²) >= 11 is 17.9. The first-order valence-electron chi connectivity index (χ1n) is 8.42. The first kappa shape index (κ1) is 19.9. The maximum atomic E-state index is 12.5. The molecule has 0 atom stereocenters. The Bertz CT molecular complexity index is 824. The van der Waals surface area contributed by atoms with Gasteiger partial charge in [0.25, 0.3) is 5.91 Å². The van der Waals surface area contributed by atoms with Crippen LogP contribution in [0.15, 0.2) is 36.4 Å². The van der Waals surface area contributed by atoms with Crippen LogP contribution in [0.5, 0.6) is 11.5 Å². The minimum absolute atomic E-state index is 0.100. The summed E-state index contributed by atoms with van der Waals surface area (Å²) in [6, 6.07) is 10.9. The summed E-state index contributed by atoms with van der Waals surface area (Å²) in [6.45, 7) is 2.55. The molecule has 1 saturated heterocycles. The van der Waals surface area contributed by atoms with Gasteiger partial charge in [0, 0.05) is 32.2 Å². The molecule has 144 valence electrons. The Balaban J connectivity index is 1.55. The van der Waals surface area contributed by atoms with E-state index >= 15 is 0 Å². The van der Waals surface area contributed by atoms with Crippen LogP contribution in [-0.2, 0) is 4.79 Å². The SMILES string of the molecule is COc1ccccc1N1CCN(C(=O)COc2cc(Cl)c(Cl)cc2Cl)CC1. The quantitative estimate of drug-likeness (QED) is 0.661. The van der Waals surface area contributed by atoms with E-state index in [1.54, 1.807) is 12.0 Å². The molecule has 27 heavy (non-hydrogen) atoms. The van der Waals surface area contributed by atoms with Gasteiger partial charge in [0.05, 0.1) is 27.9 Å². The van der Waals surface area contributed by atoms with E-state index in [2.05, 4.69) is 4.90 Å². The molecule has 8 heteroatoms. The molecule has 0 aromatic heterocycles. The van der Waals surface area contributed by atoms with E-state index in [1.807, 2.05) is 24.3 Å². The lowest BCUT2D eigenvalue weighted by atomic mass is 10.2. The third-order valence-electron chi connectivity index (χ3n) is 4.38. The number of carbonyl (C=O) groups is 1. The fraction of sp³-hybridized carbons (Fsp3) is 0.316. The van der Waals surface area contributed by atoms with E-state index in [-0.39, 0.29) is 12.5 Å². The van der Waals surface area contributed by atoms with Crippen LogP contribution in [0.25, 0.3) is 0 Å². The molecule has 0 bridgehead atoms. The highest BCUT2D eigenvalue weighted by Crippen LogP contribution is 2.34. The van der Waals surface area contributed by atoms with E-state index in [0.717, 1.165) is 24.5 Å². The Morgan fingerprint density at radius 1 is 0.963 bits per heavy atom. The number of ether oxygens (including phenoxy) is 2. The molecule has 5 nitrogen and oxygen atoms in total. The van der Waals surface area contributed by atoms with Gasteiger partial charge in [0.15, 0.2) is 6.61 Å². The summed E-state index contributed by atoms with van der Waals surface area (Å²) in [4.78, 5) is 16.4. The maximum absolute atomic E-state index is 12.5. The zero-order valence-corrected chi connectivity index (χ0v) is 17.0. The van der Waals surface area contributed by atoms with Gasteiger partial charge in [-0.25, -0.2) is 0 Å². The average Bonchev–Trinajstić information content (AvgIpc) is 2.69. The van der Waals surface area contributed by atoms with E-state index in [0.29, 0.717) is 33.9 Å². The first-order chi connectivity index (χ1) is 13.0. The summed E-state index contributed by atoms with van der Waals surface area (Å²) in [5.74, 6) is 1.07. The molecule has 3 rings (SSSR count). The lowest BCUT2D eigenvalue weighted by Crippen LogP contribution is -2.50. The fourth-order valence-electron chi connectivity index (χ4n) is 2.93. The summed E-state index contributed by atoms with van der Waals surface area (Å²) in [5, 5.41) is 0.986. The summed E-state index contributed by atoms with van der Waals surface area (Å²) < 4.78 is 11.0. The Morgan fingerprint density at radius 3 is 2.33 bits per heavy atom. The molecule has 0 unspecified atom stereocenters. The number of halogens is 3. The van der Waals surface area contributed by atoms with E-state index in [4.69, 9.17) is 44.3 Å². The topological polar surface area (TPSA) is 42.0 Å². The second-order valence-electron chi connectivity index (χ2n) is 6.03. The van der Waals surface area contributed by atoms with Gasteiger partial charge < -0.3 is 19.3 Å². The number of methoxy groups -OCH3 is 1. The van der Waals surface area contributed by atoms with Crippen LogP contribution < -0.4 is 14.4 Å². The van der Waals surface area contributed by atoms with Gasteiger partial charge >= 0.3 is 0 Å². The standard InChI is InChI=1S/C19H19Cl3N2O3/c1-26-17-5-3-2-4-16(17)23-6-8-24(9-7-23)19(25)12-27-18-11-14(21)13(20)10-15(18)22/h2-5,10-11H,6-9,12H2,1H3. The number of nitrogens with zero attached hydrogens (tertiary/aromatic N) is 2. The largest absolute Gasteiger partial charge is 0.495 e. The van der Waals surface area contributed by atoms with Crippen LogP contribution in [0.4, 0.5) is 5.69 Å². The van der Waals surface area contributed by atoms with Crippen molar-refractivity contribution in [3.05, 3.63) is 51.5 Å². The molecule has 1 fully saturated rings. The zero-order valence-electron chi connectivity index (χ0n) is 14.8. The lowest BCUT2D eigenvalue weighted by molar-refractivity contribution is -0.133. The smallest absolute Gasteiger partial charge is 0.260 e. The van der Waals surface area contributed by atoms with Gasteiger partial charge in [0.1, 0.15) is 11.5 Å². The van der Waals surface area contributed by atoms with Gasteiger partial charge in [-0.1, -0.05) is 46.9 Å². The number of para-hydroxylation sites is 2. The van der Waals surface area contributed by atoms with Crippen molar-refractivity contribution in [1.82, 2.24) is 4.90 Å². The highest BCUT2D eigenvalue weighted by atomic mass is 35.5. The Labute approximate surface area is 173 Å². The first-order valence-corrected chi connectivity index (χ1v) is 9.56. The number of rotatable bonds is 5. The molecule has 1 aliphatic heterocycles. The minimum Gasteiger partial charge on any atom is -0.495 e. The van der Waals surface area contributed by atoms with Crippen LogP contribution in [0.1, 0.15) is 0 Å². The van der Waals surface area contributed by atoms with Crippen molar-refractivity contribution in [1.29, 1.82) is 0 Å². The van der Waals surface area contributed by atoms with Crippen molar-refractivity contribution < 1.29 is 14.3 Å². The predicted molar refractivity (Wildman–Crippen MR) is 109 cm³/mol. The molecule has 1 heterocycles. The van der Waals surface area contributed by atoms with Gasteiger partial charge in [-0.2, -0.15) is 0 Å². The van der Waals surface area contributed by atoms with Crippen molar-refractivity contribution in [2.45, 2.75) is 0 Å². The fourth-order valence-corrected chi connectivity index (χ4v) is 3.52. The Morgan fingerprint density at radius 2 is 1.63 bits per heavy atom. The number of carbonyl (C=O) groups excluding carboxylic acids is 1. The van der Waals surface area contributed by atoms with Crippen LogP contribution >= 0.6 is 34.8 Å². The number of hydrogen-bond donors (Lipinski definition) is 0. The zero-order chi connectivity index (χ0) is 19.4. The highest BCUT2D eigenvalue weighted by Gasteiger charge is 2.23. The molecule has 0 spiro atoms. The second-order valence-corrected chi connectivity index (χ2v) is 7.25. The molecule has 1 amide bonds. The summed E-state index contributed by atoms with van der Waals surface area (Å²) in [6.07, 6.45) is 0. The van der Waals surface area contributed by atoms with Gasteiger partial charge in [-0.3, -0.25) is 4.79 Å². The highest BCUT2D eigenvalue weighted by molar-refractivity contribution is 6.43. The normalized spacial score (nSPS) is 14.2. The molecule has 0 saturated carbocycles. The van der Waals surface area contributed by atoms with Crippen molar-refractivity contribution >= 4 is 46.4 Å². The van der Waals surface area contributed by atoms with Gasteiger partial charge in [-0.05, 0) is 18.2 Å². The maximum Gasteiger partial charge on any atom is 0.260 e. The van der Waals surface area contributed by atoms with E-state index in [1.165, 1.54) is 12.1 Å². The van der Waals surface area contributed by atoms with E-state index in [9.17, 15) is 4.79 Å². The van der Waals surface area contributed by atoms with E-state index < -0.39 is 0 Å². The molecule has 1 aliphatic rings. The third kappa shape index (κ3) is 4.72. The second kappa shape index (κ2) is 8.91. The number of piperazine rings is 1. The summed E-state index contributed by atoms with van der Waals surface area (Å²) in [5.41, 5.74) is 1.03. The molecule has 2 aromatic rings. The molecule has 0 aliphatic carbocycles. The molecular weight excluding hydrogens is 411 g/mol. The molecular formula is C19H19Cl3N2O3. The van der Waals surface area contributed by atoms with Crippen LogP contribution in [0.2, 0.25) is 15.1 Å². The number of anilines is 1. The lowest BCUT2D eigenvalue weighted by Gasteiger charge is -2.36. The van der Waals surface area contributed by atoms with Gasteiger partial charge in [0.2, 0.25) is 0 Å². The van der Waals surface area contributed by atoms with Crippen LogP contribution in [-0.4, -0.2) is 50.7 Å². The number of hydrogen-bond acceptors (Lipinski definition) is 4. The monoisotopic (exact) mass is 428 g/mol. The number of benzene rings is 2. The Hall–Kier alpha value is -1.82. The van der Waals surface area contributed by atoms with Crippen LogP contribution in [0.3, 0.4) is 0 Å².